The summed E-state index contributed by atoms with van der Waals surface area (Å²) in [5, 5.41) is 5.18. The third-order valence-electron chi connectivity index (χ3n) is 12.5. The summed E-state index contributed by atoms with van der Waals surface area (Å²) < 4.78 is 2.55. The molecule has 0 N–H and O–H groups in total. The number of rotatable bonds is 4. The molecule has 0 saturated carbocycles. The zero-order valence-electron chi connectivity index (χ0n) is 31.1. The van der Waals surface area contributed by atoms with Crippen LogP contribution in [0.25, 0.3) is 60.5 Å². The molecule has 1 aliphatic heterocycles. The lowest BCUT2D eigenvalue weighted by Crippen LogP contribution is -2.26. The number of hydrogen-bond acceptors (Lipinski definition) is 1. The average molecular weight is 693 g/mol. The molecule has 0 atom stereocenters. The second-order valence-electron chi connectivity index (χ2n) is 16.2. The van der Waals surface area contributed by atoms with Crippen molar-refractivity contribution in [1.29, 1.82) is 0 Å². The summed E-state index contributed by atoms with van der Waals surface area (Å²) in [6.45, 7) is 9.51. The van der Waals surface area contributed by atoms with Crippen LogP contribution in [-0.4, -0.2) is 4.57 Å². The molecule has 2 heteroatoms. The third-order valence-corrected chi connectivity index (χ3v) is 12.5. The van der Waals surface area contributed by atoms with Crippen LogP contribution in [0.5, 0.6) is 0 Å². The Morgan fingerprint density at radius 3 is 1.89 bits per heavy atom. The Kier molecular flexibility index (Phi) is 6.39. The number of aromatic nitrogens is 1. The van der Waals surface area contributed by atoms with Crippen LogP contribution in [0.4, 0.5) is 17.1 Å². The predicted octanol–water partition coefficient (Wildman–Crippen LogP) is 14.0. The van der Waals surface area contributed by atoms with Crippen molar-refractivity contribution in [3.05, 3.63) is 192 Å². The summed E-state index contributed by atoms with van der Waals surface area (Å²) in [5.41, 5.74) is 17.7. The van der Waals surface area contributed by atoms with Gasteiger partial charge in [0.05, 0.1) is 16.7 Å². The number of para-hydroxylation sites is 2. The molecule has 11 rings (SSSR count). The van der Waals surface area contributed by atoms with E-state index in [0.29, 0.717) is 0 Å². The van der Waals surface area contributed by atoms with Crippen LogP contribution in [-0.2, 0) is 10.8 Å². The number of hydrogen-bond donors (Lipinski definition) is 0. The molecule has 2 heterocycles. The van der Waals surface area contributed by atoms with Crippen molar-refractivity contribution in [3.63, 3.8) is 0 Å². The quantitative estimate of drug-likeness (QED) is 0.178. The molecule has 0 fully saturated rings. The molecule has 8 aromatic carbocycles. The minimum Gasteiger partial charge on any atom is -0.310 e. The minimum absolute atomic E-state index is 0.0718. The van der Waals surface area contributed by atoms with Gasteiger partial charge in [-0.1, -0.05) is 143 Å². The van der Waals surface area contributed by atoms with Gasteiger partial charge in [-0.3, -0.25) is 0 Å². The lowest BCUT2D eigenvalue weighted by Gasteiger charge is -2.36. The molecule has 0 amide bonds. The van der Waals surface area contributed by atoms with Gasteiger partial charge in [0.2, 0.25) is 0 Å². The third kappa shape index (κ3) is 4.23. The Labute approximate surface area is 316 Å². The number of fused-ring (bicyclic) bond motifs is 10. The first kappa shape index (κ1) is 31.2. The number of nitrogens with zero attached hydrogens (tertiary/aromatic N) is 2. The molecule has 9 aromatic rings. The highest BCUT2D eigenvalue weighted by Crippen LogP contribution is 2.52. The SMILES string of the molecule is CC1(C)c2ccccc2-c2ccc(N(c3ccccc3)c3ccc(-c4cc5c6c(c4)c4ccccc4n6-c4c(ccc6ccccc46)C5(C)C)cc3)cc21. The van der Waals surface area contributed by atoms with Crippen molar-refractivity contribution < 1.29 is 0 Å². The van der Waals surface area contributed by atoms with Gasteiger partial charge in [-0.2, -0.15) is 0 Å². The molecule has 0 unspecified atom stereocenters. The maximum absolute atomic E-state index is 2.55. The van der Waals surface area contributed by atoms with Crippen LogP contribution in [0.15, 0.2) is 170 Å². The van der Waals surface area contributed by atoms with Gasteiger partial charge >= 0.3 is 0 Å². The molecular weight excluding hydrogens is 653 g/mol. The molecule has 0 spiro atoms. The first-order valence-corrected chi connectivity index (χ1v) is 19.1. The van der Waals surface area contributed by atoms with Crippen molar-refractivity contribution in [2.75, 3.05) is 4.90 Å². The van der Waals surface area contributed by atoms with E-state index in [2.05, 4.69) is 207 Å². The summed E-state index contributed by atoms with van der Waals surface area (Å²) in [5.74, 6) is 0. The van der Waals surface area contributed by atoms with Crippen LogP contribution in [0, 0.1) is 0 Å². The topological polar surface area (TPSA) is 8.17 Å². The van der Waals surface area contributed by atoms with Crippen LogP contribution >= 0.6 is 0 Å². The van der Waals surface area contributed by atoms with Gasteiger partial charge in [0.1, 0.15) is 0 Å². The summed E-state index contributed by atoms with van der Waals surface area (Å²) in [6.07, 6.45) is 0. The van der Waals surface area contributed by atoms with E-state index in [1.165, 1.54) is 88.5 Å². The van der Waals surface area contributed by atoms with Gasteiger partial charge in [-0.15, -0.1) is 0 Å². The zero-order valence-corrected chi connectivity index (χ0v) is 31.1. The van der Waals surface area contributed by atoms with Crippen molar-refractivity contribution >= 4 is 49.6 Å². The van der Waals surface area contributed by atoms with E-state index in [1.54, 1.807) is 0 Å². The van der Waals surface area contributed by atoms with Crippen molar-refractivity contribution in [2.45, 2.75) is 38.5 Å². The fraction of sp³-hybridized carbons (Fsp3) is 0.115. The summed E-state index contributed by atoms with van der Waals surface area (Å²) in [7, 11) is 0. The Morgan fingerprint density at radius 2 is 1.06 bits per heavy atom. The molecule has 2 aliphatic rings. The van der Waals surface area contributed by atoms with E-state index in [-0.39, 0.29) is 10.8 Å². The summed E-state index contributed by atoms with van der Waals surface area (Å²) >= 11 is 0. The second kappa shape index (κ2) is 11.1. The minimum atomic E-state index is -0.191. The lowest BCUT2D eigenvalue weighted by atomic mass is 9.73. The molecular formula is C52H40N2. The van der Waals surface area contributed by atoms with Gasteiger partial charge < -0.3 is 9.47 Å². The second-order valence-corrected chi connectivity index (χ2v) is 16.2. The summed E-state index contributed by atoms with van der Waals surface area (Å²) in [6, 6.07) is 63.2. The fourth-order valence-corrected chi connectivity index (χ4v) is 9.78. The maximum Gasteiger partial charge on any atom is 0.0582 e. The largest absolute Gasteiger partial charge is 0.310 e. The first-order chi connectivity index (χ1) is 26.3. The zero-order chi connectivity index (χ0) is 36.3. The van der Waals surface area contributed by atoms with Gasteiger partial charge in [-0.05, 0) is 104 Å². The first-order valence-electron chi connectivity index (χ1n) is 19.1. The smallest absolute Gasteiger partial charge is 0.0582 e. The van der Waals surface area contributed by atoms with Gasteiger partial charge in [0, 0.05) is 44.1 Å². The van der Waals surface area contributed by atoms with E-state index in [1.807, 2.05) is 0 Å². The lowest BCUT2D eigenvalue weighted by molar-refractivity contribution is 0.632. The molecule has 1 aliphatic carbocycles. The Morgan fingerprint density at radius 1 is 0.407 bits per heavy atom. The van der Waals surface area contributed by atoms with E-state index in [0.717, 1.165) is 11.4 Å². The van der Waals surface area contributed by atoms with E-state index >= 15 is 0 Å². The average Bonchev–Trinajstić information content (AvgIpc) is 3.66. The van der Waals surface area contributed by atoms with Gasteiger partial charge in [0.15, 0.2) is 0 Å². The van der Waals surface area contributed by atoms with Crippen molar-refractivity contribution in [1.82, 2.24) is 4.57 Å². The van der Waals surface area contributed by atoms with E-state index in [4.69, 9.17) is 0 Å². The highest BCUT2D eigenvalue weighted by atomic mass is 15.1. The van der Waals surface area contributed by atoms with E-state index < -0.39 is 0 Å². The van der Waals surface area contributed by atoms with Crippen LogP contribution in [0.3, 0.4) is 0 Å². The molecule has 258 valence electrons. The predicted molar refractivity (Wildman–Crippen MR) is 228 cm³/mol. The molecule has 1 aromatic heterocycles. The normalized spacial score (nSPS) is 14.6. The molecule has 54 heavy (non-hydrogen) atoms. The van der Waals surface area contributed by atoms with Crippen molar-refractivity contribution in [2.24, 2.45) is 0 Å². The standard InChI is InChI=1S/C52H40N2/c1-51(2)44-20-12-10-18-40(44)41-28-27-38(32-46(41)51)53(36-15-6-5-7-16-36)37-25-22-33(23-26-37)35-30-43-42-19-11-13-21-48(42)54-49-39-17-9-8-14-34(39)24-29-45(49)52(3,4)47(31-35)50(43)54/h5-32H,1-4H3. The molecule has 0 bridgehead atoms. The number of benzene rings is 8. The Balaban J connectivity index is 1.07. The van der Waals surface area contributed by atoms with Gasteiger partial charge in [-0.25, -0.2) is 0 Å². The van der Waals surface area contributed by atoms with Crippen molar-refractivity contribution in [3.8, 4) is 27.9 Å². The molecule has 2 nitrogen and oxygen atoms in total. The van der Waals surface area contributed by atoms with Crippen LogP contribution in [0.1, 0.15) is 49.9 Å². The van der Waals surface area contributed by atoms with Crippen LogP contribution < -0.4 is 4.90 Å². The highest BCUT2D eigenvalue weighted by Gasteiger charge is 2.37. The van der Waals surface area contributed by atoms with Crippen LogP contribution in [0.2, 0.25) is 0 Å². The van der Waals surface area contributed by atoms with Gasteiger partial charge in [0.25, 0.3) is 0 Å². The molecule has 0 saturated heterocycles. The number of anilines is 3. The summed E-state index contributed by atoms with van der Waals surface area (Å²) in [4.78, 5) is 2.40. The maximum atomic E-state index is 2.55. The monoisotopic (exact) mass is 692 g/mol. The highest BCUT2D eigenvalue weighted by molar-refractivity contribution is 6.14. The Bertz CT molecular complexity index is 2980. The van der Waals surface area contributed by atoms with E-state index in [9.17, 15) is 0 Å². The fourth-order valence-electron chi connectivity index (χ4n) is 9.78. The molecule has 0 radical (unpaired) electrons. The Hall–Kier alpha value is -6.38.